The van der Waals surface area contributed by atoms with Crippen molar-refractivity contribution in [3.8, 4) is 0 Å². The third-order valence-electron chi connectivity index (χ3n) is 2.17. The Balaban J connectivity index is 2.20. The summed E-state index contributed by atoms with van der Waals surface area (Å²) in [7, 11) is 0. The Morgan fingerprint density at radius 3 is 2.87 bits per heavy atom. The third kappa shape index (κ3) is 1.98. The molecule has 0 aromatic carbocycles. The van der Waals surface area contributed by atoms with Crippen LogP contribution in [0, 0.1) is 0 Å². The van der Waals surface area contributed by atoms with E-state index in [1.54, 1.807) is 17.1 Å². The number of hydrogen-bond donors (Lipinski definition) is 1. The molecule has 0 atom stereocenters. The summed E-state index contributed by atoms with van der Waals surface area (Å²) < 4.78 is 3.77. The van der Waals surface area contributed by atoms with Crippen LogP contribution in [0.1, 0.15) is 25.7 Å². The highest BCUT2D eigenvalue weighted by molar-refractivity contribution is 5.20. The molecule has 2 heterocycles. The van der Waals surface area contributed by atoms with E-state index in [1.165, 1.54) is 0 Å². The van der Waals surface area contributed by atoms with Crippen LogP contribution in [-0.4, -0.2) is 24.5 Å². The van der Waals surface area contributed by atoms with E-state index in [0.29, 0.717) is 18.4 Å². The van der Waals surface area contributed by atoms with Gasteiger partial charge in [-0.15, -0.1) is 5.10 Å². The van der Waals surface area contributed by atoms with Crippen molar-refractivity contribution in [1.82, 2.24) is 24.5 Å². The monoisotopic (exact) mass is 206 g/mol. The van der Waals surface area contributed by atoms with Crippen molar-refractivity contribution in [2.24, 2.45) is 0 Å². The molecule has 0 saturated carbocycles. The predicted octanol–water partition coefficient (Wildman–Crippen LogP) is 0.686. The number of nitrogen functional groups attached to an aromatic ring is 1. The summed E-state index contributed by atoms with van der Waals surface area (Å²) in [5.41, 5.74) is 5.48. The fraction of sp³-hybridized carbons (Fsp3) is 0.444. The molecule has 0 amide bonds. The molecular weight excluding hydrogens is 192 g/mol. The first-order valence-corrected chi connectivity index (χ1v) is 4.84. The fourth-order valence-electron chi connectivity index (χ4n) is 1.47. The highest BCUT2D eigenvalue weighted by atomic mass is 15.4. The number of anilines is 1. The number of imidazole rings is 1. The Morgan fingerprint density at radius 1 is 1.47 bits per heavy atom. The van der Waals surface area contributed by atoms with Crippen LogP contribution < -0.4 is 5.73 Å². The van der Waals surface area contributed by atoms with Gasteiger partial charge >= 0.3 is 0 Å². The van der Waals surface area contributed by atoms with Crippen LogP contribution >= 0.6 is 0 Å². The Bertz CT molecular complexity index is 441. The third-order valence-corrected chi connectivity index (χ3v) is 2.17. The summed E-state index contributed by atoms with van der Waals surface area (Å²) in [5.74, 6) is 1.38. The molecule has 2 aromatic rings. The van der Waals surface area contributed by atoms with Gasteiger partial charge in [0, 0.05) is 18.4 Å². The Labute approximate surface area is 87.7 Å². The van der Waals surface area contributed by atoms with Crippen LogP contribution in [0.4, 0.5) is 5.82 Å². The van der Waals surface area contributed by atoms with E-state index in [4.69, 9.17) is 5.73 Å². The summed E-state index contributed by atoms with van der Waals surface area (Å²) in [6.07, 6.45) is 5.44. The molecule has 0 unspecified atom stereocenters. The number of rotatable bonds is 3. The molecule has 0 aliphatic heterocycles. The van der Waals surface area contributed by atoms with Crippen molar-refractivity contribution in [3.63, 3.8) is 0 Å². The SMILES string of the molecule is CC(C)n1ccnc1Cn1cc(N)nn1. The molecule has 2 N–H and O–H groups in total. The number of aromatic nitrogens is 5. The van der Waals surface area contributed by atoms with Crippen molar-refractivity contribution in [2.75, 3.05) is 5.73 Å². The standard InChI is InChI=1S/C9H14N6/c1-7(2)15-4-3-11-9(15)6-14-5-8(10)12-13-14/h3-5,7H,6,10H2,1-2H3. The van der Waals surface area contributed by atoms with Crippen LogP contribution in [0.3, 0.4) is 0 Å². The predicted molar refractivity (Wildman–Crippen MR) is 56.1 cm³/mol. The zero-order chi connectivity index (χ0) is 10.8. The molecule has 6 nitrogen and oxygen atoms in total. The molecule has 0 bridgehead atoms. The van der Waals surface area contributed by atoms with Crippen LogP contribution in [-0.2, 0) is 6.54 Å². The smallest absolute Gasteiger partial charge is 0.165 e. The normalized spacial score (nSPS) is 11.1. The zero-order valence-corrected chi connectivity index (χ0v) is 8.83. The van der Waals surface area contributed by atoms with Crippen molar-refractivity contribution < 1.29 is 0 Å². The van der Waals surface area contributed by atoms with Crippen molar-refractivity contribution in [3.05, 3.63) is 24.4 Å². The minimum Gasteiger partial charge on any atom is -0.381 e. The summed E-state index contributed by atoms with van der Waals surface area (Å²) in [6, 6.07) is 0.392. The lowest BCUT2D eigenvalue weighted by atomic mass is 10.4. The minimum absolute atomic E-state index is 0.392. The topological polar surface area (TPSA) is 74.5 Å². The molecule has 80 valence electrons. The zero-order valence-electron chi connectivity index (χ0n) is 8.83. The van der Waals surface area contributed by atoms with E-state index in [9.17, 15) is 0 Å². The number of hydrogen-bond acceptors (Lipinski definition) is 4. The second-order valence-electron chi connectivity index (χ2n) is 3.69. The molecule has 15 heavy (non-hydrogen) atoms. The largest absolute Gasteiger partial charge is 0.381 e. The molecular formula is C9H14N6. The van der Waals surface area contributed by atoms with E-state index in [0.717, 1.165) is 5.82 Å². The van der Waals surface area contributed by atoms with Crippen molar-refractivity contribution >= 4 is 5.82 Å². The molecule has 2 rings (SSSR count). The van der Waals surface area contributed by atoms with Gasteiger partial charge in [-0.25, -0.2) is 9.67 Å². The average Bonchev–Trinajstić information content (AvgIpc) is 2.75. The van der Waals surface area contributed by atoms with Crippen LogP contribution in [0.25, 0.3) is 0 Å². The Kier molecular flexibility index (Phi) is 2.40. The summed E-state index contributed by atoms with van der Waals surface area (Å²) in [6.45, 7) is 4.82. The van der Waals surface area contributed by atoms with Crippen LogP contribution in [0.2, 0.25) is 0 Å². The maximum Gasteiger partial charge on any atom is 0.165 e. The van der Waals surface area contributed by atoms with Gasteiger partial charge in [-0.3, -0.25) is 0 Å². The summed E-state index contributed by atoms with van der Waals surface area (Å²) in [4.78, 5) is 4.28. The van der Waals surface area contributed by atoms with Gasteiger partial charge in [-0.1, -0.05) is 5.21 Å². The molecule has 0 spiro atoms. The van der Waals surface area contributed by atoms with Gasteiger partial charge < -0.3 is 10.3 Å². The Morgan fingerprint density at radius 2 is 2.27 bits per heavy atom. The maximum absolute atomic E-state index is 5.48. The maximum atomic E-state index is 5.48. The molecule has 2 aromatic heterocycles. The van der Waals surface area contributed by atoms with Gasteiger partial charge in [0.05, 0.1) is 6.20 Å². The van der Waals surface area contributed by atoms with Crippen molar-refractivity contribution in [1.29, 1.82) is 0 Å². The van der Waals surface area contributed by atoms with Crippen LogP contribution in [0.5, 0.6) is 0 Å². The number of nitrogens with two attached hydrogens (primary N) is 1. The molecule has 0 aliphatic rings. The molecule has 6 heteroatoms. The van der Waals surface area contributed by atoms with E-state index < -0.39 is 0 Å². The second kappa shape index (κ2) is 3.72. The van der Waals surface area contributed by atoms with Gasteiger partial charge in [0.2, 0.25) is 0 Å². The van der Waals surface area contributed by atoms with E-state index >= 15 is 0 Å². The van der Waals surface area contributed by atoms with Gasteiger partial charge in [-0.05, 0) is 13.8 Å². The fourth-order valence-corrected chi connectivity index (χ4v) is 1.47. The quantitative estimate of drug-likeness (QED) is 0.801. The highest BCUT2D eigenvalue weighted by Crippen LogP contribution is 2.09. The van der Waals surface area contributed by atoms with E-state index in [2.05, 4.69) is 33.7 Å². The highest BCUT2D eigenvalue weighted by Gasteiger charge is 2.07. The first kappa shape index (κ1) is 9.70. The second-order valence-corrected chi connectivity index (χ2v) is 3.69. The van der Waals surface area contributed by atoms with Gasteiger partial charge in [0.1, 0.15) is 12.4 Å². The first-order chi connectivity index (χ1) is 7.16. The Hall–Kier alpha value is -1.85. The summed E-state index contributed by atoms with van der Waals surface area (Å²) >= 11 is 0. The lowest BCUT2D eigenvalue weighted by molar-refractivity contribution is 0.532. The van der Waals surface area contributed by atoms with Crippen molar-refractivity contribution in [2.45, 2.75) is 26.4 Å². The van der Waals surface area contributed by atoms with Crippen LogP contribution in [0.15, 0.2) is 18.6 Å². The lowest BCUT2D eigenvalue weighted by Gasteiger charge is -2.10. The van der Waals surface area contributed by atoms with Gasteiger partial charge in [-0.2, -0.15) is 0 Å². The average molecular weight is 206 g/mol. The van der Waals surface area contributed by atoms with E-state index in [-0.39, 0.29) is 0 Å². The van der Waals surface area contributed by atoms with Gasteiger partial charge in [0.15, 0.2) is 5.82 Å². The number of nitrogens with zero attached hydrogens (tertiary/aromatic N) is 5. The molecule has 0 radical (unpaired) electrons. The molecule has 0 aliphatic carbocycles. The van der Waals surface area contributed by atoms with Gasteiger partial charge in [0.25, 0.3) is 0 Å². The lowest BCUT2D eigenvalue weighted by Crippen LogP contribution is -2.10. The van der Waals surface area contributed by atoms with E-state index in [1.807, 2.05) is 6.20 Å². The molecule has 0 fully saturated rings. The molecule has 0 saturated heterocycles. The first-order valence-electron chi connectivity index (χ1n) is 4.84. The summed E-state index contributed by atoms with van der Waals surface area (Å²) in [5, 5.41) is 7.60. The minimum atomic E-state index is 0.392.